The van der Waals surface area contributed by atoms with Crippen LogP contribution in [0.3, 0.4) is 0 Å². The number of hydrogen-bond donors (Lipinski definition) is 1. The molecule has 0 fully saturated rings. The van der Waals surface area contributed by atoms with Crippen molar-refractivity contribution >= 4 is 22.5 Å². The highest BCUT2D eigenvalue weighted by Crippen LogP contribution is 2.17. The average Bonchev–Trinajstić information content (AvgIpc) is 2.75. The summed E-state index contributed by atoms with van der Waals surface area (Å²) in [6.45, 7) is 0. The van der Waals surface area contributed by atoms with E-state index in [9.17, 15) is 9.59 Å². The smallest absolute Gasteiger partial charge is 0.280 e. The van der Waals surface area contributed by atoms with Gasteiger partial charge in [-0.1, -0.05) is 30.3 Å². The number of anilines is 1. The molecule has 0 bridgehead atoms. The second kappa shape index (κ2) is 7.36. The number of ether oxygens (including phenoxy) is 1. The number of fused-ring (bicyclic) bond motifs is 1. The minimum absolute atomic E-state index is 0.168. The number of carbonyl (C=O) groups is 1. The summed E-state index contributed by atoms with van der Waals surface area (Å²) in [6.07, 6.45) is 0. The third kappa shape index (κ3) is 3.23. The predicted molar refractivity (Wildman–Crippen MR) is 108 cm³/mol. The van der Waals surface area contributed by atoms with Gasteiger partial charge in [-0.2, -0.15) is 5.10 Å². The van der Waals surface area contributed by atoms with E-state index in [0.29, 0.717) is 22.3 Å². The van der Waals surface area contributed by atoms with Crippen molar-refractivity contribution in [3.05, 3.63) is 94.8 Å². The molecule has 6 heteroatoms. The van der Waals surface area contributed by atoms with Crippen LogP contribution in [0.2, 0.25) is 0 Å². The van der Waals surface area contributed by atoms with Gasteiger partial charge in [0.15, 0.2) is 5.69 Å². The highest BCUT2D eigenvalue weighted by molar-refractivity contribution is 6.04. The Hall–Kier alpha value is -3.93. The number of para-hydroxylation sites is 2. The maximum Gasteiger partial charge on any atom is 0.280 e. The first-order valence-corrected chi connectivity index (χ1v) is 8.70. The second-order valence-electron chi connectivity index (χ2n) is 6.12. The molecule has 1 heterocycles. The number of methoxy groups -OCH3 is 1. The standard InChI is InChI=1S/C22H17N3O3/c1-28-17-13-11-15(12-14-17)23-22(27)20-21(26)18-9-5-6-10-19(18)25(24-20)16-7-3-2-4-8-16/h2-14H,1H3,(H,23,27). The summed E-state index contributed by atoms with van der Waals surface area (Å²) in [5.74, 6) is 0.110. The quantitative estimate of drug-likeness (QED) is 0.594. The number of carbonyl (C=O) groups excluding carboxylic acids is 1. The first kappa shape index (κ1) is 17.5. The summed E-state index contributed by atoms with van der Waals surface area (Å²) in [5.41, 5.74) is 1.37. The van der Waals surface area contributed by atoms with Crippen LogP contribution in [0.1, 0.15) is 10.5 Å². The van der Waals surface area contributed by atoms with Gasteiger partial charge in [0, 0.05) is 5.69 Å². The van der Waals surface area contributed by atoms with Crippen molar-refractivity contribution in [2.24, 2.45) is 0 Å². The van der Waals surface area contributed by atoms with E-state index < -0.39 is 11.3 Å². The highest BCUT2D eigenvalue weighted by atomic mass is 16.5. The molecule has 0 aliphatic heterocycles. The Morgan fingerprint density at radius 1 is 0.929 bits per heavy atom. The maximum atomic E-state index is 12.9. The lowest BCUT2D eigenvalue weighted by atomic mass is 10.2. The van der Waals surface area contributed by atoms with Crippen molar-refractivity contribution < 1.29 is 9.53 Å². The van der Waals surface area contributed by atoms with Crippen LogP contribution in [0, 0.1) is 0 Å². The van der Waals surface area contributed by atoms with Gasteiger partial charge in [0.25, 0.3) is 5.91 Å². The minimum atomic E-state index is -0.564. The highest BCUT2D eigenvalue weighted by Gasteiger charge is 2.18. The van der Waals surface area contributed by atoms with Gasteiger partial charge in [-0.3, -0.25) is 9.59 Å². The molecule has 0 saturated carbocycles. The SMILES string of the molecule is COc1ccc(NC(=O)c2nn(-c3ccccc3)c3ccccc3c2=O)cc1. The lowest BCUT2D eigenvalue weighted by Gasteiger charge is -2.12. The Morgan fingerprint density at radius 3 is 2.32 bits per heavy atom. The number of benzene rings is 3. The number of nitrogens with zero attached hydrogens (tertiary/aromatic N) is 2. The van der Waals surface area contributed by atoms with Crippen LogP contribution in [0.4, 0.5) is 5.69 Å². The van der Waals surface area contributed by atoms with Crippen LogP contribution in [0.5, 0.6) is 5.75 Å². The number of hydrogen-bond acceptors (Lipinski definition) is 4. The summed E-state index contributed by atoms with van der Waals surface area (Å²) in [6, 6.07) is 23.4. The Bertz CT molecular complexity index is 1200. The van der Waals surface area contributed by atoms with E-state index in [1.54, 1.807) is 48.2 Å². The molecular weight excluding hydrogens is 354 g/mol. The van der Waals surface area contributed by atoms with Gasteiger partial charge >= 0.3 is 0 Å². The average molecular weight is 371 g/mol. The molecular formula is C22H17N3O3. The fraction of sp³-hybridized carbons (Fsp3) is 0.0455. The Balaban J connectivity index is 1.81. The van der Waals surface area contributed by atoms with Gasteiger partial charge in [0.05, 0.1) is 23.7 Å². The van der Waals surface area contributed by atoms with Crippen LogP contribution in [-0.4, -0.2) is 22.8 Å². The van der Waals surface area contributed by atoms with E-state index >= 15 is 0 Å². The molecule has 4 aromatic rings. The topological polar surface area (TPSA) is 73.2 Å². The molecule has 138 valence electrons. The molecule has 0 spiro atoms. The number of amides is 1. The molecule has 1 N–H and O–H groups in total. The zero-order valence-corrected chi connectivity index (χ0v) is 15.1. The molecule has 0 atom stereocenters. The molecule has 0 unspecified atom stereocenters. The largest absolute Gasteiger partial charge is 0.497 e. The Kier molecular flexibility index (Phi) is 4.60. The summed E-state index contributed by atoms with van der Waals surface area (Å²) >= 11 is 0. The van der Waals surface area contributed by atoms with Gasteiger partial charge < -0.3 is 10.1 Å². The van der Waals surface area contributed by atoms with Gasteiger partial charge in [0.1, 0.15) is 5.75 Å². The van der Waals surface area contributed by atoms with Crippen LogP contribution in [0.25, 0.3) is 16.6 Å². The molecule has 28 heavy (non-hydrogen) atoms. The molecule has 1 amide bonds. The van der Waals surface area contributed by atoms with Crippen molar-refractivity contribution in [2.45, 2.75) is 0 Å². The third-order valence-electron chi connectivity index (χ3n) is 4.36. The second-order valence-corrected chi connectivity index (χ2v) is 6.12. The Labute approximate surface area is 161 Å². The van der Waals surface area contributed by atoms with Crippen molar-refractivity contribution in [3.63, 3.8) is 0 Å². The maximum absolute atomic E-state index is 12.9. The number of aromatic nitrogens is 2. The van der Waals surface area contributed by atoms with Gasteiger partial charge in [-0.05, 0) is 48.5 Å². The monoisotopic (exact) mass is 371 g/mol. The van der Waals surface area contributed by atoms with Crippen LogP contribution in [-0.2, 0) is 0 Å². The van der Waals surface area contributed by atoms with E-state index in [-0.39, 0.29) is 5.69 Å². The molecule has 0 aliphatic carbocycles. The number of rotatable bonds is 4. The molecule has 0 saturated heterocycles. The van der Waals surface area contributed by atoms with E-state index in [1.165, 1.54) is 0 Å². The van der Waals surface area contributed by atoms with Crippen molar-refractivity contribution in [3.8, 4) is 11.4 Å². The lowest BCUT2D eigenvalue weighted by molar-refractivity contribution is 0.102. The lowest BCUT2D eigenvalue weighted by Crippen LogP contribution is -2.26. The minimum Gasteiger partial charge on any atom is -0.497 e. The molecule has 3 aromatic carbocycles. The van der Waals surface area contributed by atoms with Crippen LogP contribution in [0.15, 0.2) is 83.7 Å². The van der Waals surface area contributed by atoms with Crippen molar-refractivity contribution in [2.75, 3.05) is 12.4 Å². The van der Waals surface area contributed by atoms with Gasteiger partial charge in [-0.15, -0.1) is 0 Å². The van der Waals surface area contributed by atoms with Crippen molar-refractivity contribution in [1.29, 1.82) is 0 Å². The zero-order valence-electron chi connectivity index (χ0n) is 15.1. The summed E-state index contributed by atoms with van der Waals surface area (Å²) in [7, 11) is 1.57. The van der Waals surface area contributed by atoms with Crippen LogP contribution >= 0.6 is 0 Å². The predicted octanol–water partition coefficient (Wildman–Crippen LogP) is 3.65. The van der Waals surface area contributed by atoms with Gasteiger partial charge in [-0.25, -0.2) is 4.68 Å². The fourth-order valence-electron chi connectivity index (χ4n) is 2.96. The fourth-order valence-corrected chi connectivity index (χ4v) is 2.96. The van der Waals surface area contributed by atoms with E-state index in [0.717, 1.165) is 5.69 Å². The van der Waals surface area contributed by atoms with Crippen molar-refractivity contribution in [1.82, 2.24) is 9.78 Å². The summed E-state index contributed by atoms with van der Waals surface area (Å²) in [5, 5.41) is 7.52. The molecule has 0 radical (unpaired) electrons. The third-order valence-corrected chi connectivity index (χ3v) is 4.36. The number of nitrogens with one attached hydrogen (secondary N) is 1. The summed E-state index contributed by atoms with van der Waals surface area (Å²) < 4.78 is 6.72. The van der Waals surface area contributed by atoms with Crippen LogP contribution < -0.4 is 15.5 Å². The zero-order chi connectivity index (χ0) is 19.5. The molecule has 1 aromatic heterocycles. The van der Waals surface area contributed by atoms with E-state index in [1.807, 2.05) is 42.5 Å². The molecule has 6 nitrogen and oxygen atoms in total. The van der Waals surface area contributed by atoms with E-state index in [2.05, 4.69) is 10.4 Å². The molecule has 0 aliphatic rings. The first-order valence-electron chi connectivity index (χ1n) is 8.70. The normalized spacial score (nSPS) is 10.6. The Morgan fingerprint density at radius 2 is 1.61 bits per heavy atom. The molecule has 4 rings (SSSR count). The summed E-state index contributed by atoms with van der Waals surface area (Å²) in [4.78, 5) is 25.7. The first-order chi connectivity index (χ1) is 13.7. The van der Waals surface area contributed by atoms with E-state index in [4.69, 9.17) is 4.74 Å². The van der Waals surface area contributed by atoms with Gasteiger partial charge in [0.2, 0.25) is 5.43 Å².